The Labute approximate surface area is 189 Å². The molecule has 1 N–H and O–H groups in total. The monoisotopic (exact) mass is 451 g/mol. The smallest absolute Gasteiger partial charge is 0.331 e. The van der Waals surface area contributed by atoms with E-state index in [2.05, 4.69) is 4.98 Å². The highest BCUT2D eigenvalue weighted by Gasteiger charge is 2.19. The summed E-state index contributed by atoms with van der Waals surface area (Å²) in [5.74, 6) is 1.04. The second-order valence-electron chi connectivity index (χ2n) is 7.41. The van der Waals surface area contributed by atoms with Crippen molar-refractivity contribution in [3.8, 4) is 11.5 Å². The van der Waals surface area contributed by atoms with Crippen molar-refractivity contribution in [2.45, 2.75) is 19.4 Å². The number of aryl methyl sites for hydroxylation is 1. The molecule has 0 aliphatic rings. The number of fused-ring (bicyclic) bond motifs is 1. The zero-order valence-corrected chi connectivity index (χ0v) is 18.2. The third-order valence-corrected chi connectivity index (χ3v) is 5.53. The number of aliphatic hydroxyl groups excluding tert-OH is 1. The highest BCUT2D eigenvalue weighted by Crippen LogP contribution is 2.31. The van der Waals surface area contributed by atoms with Crippen LogP contribution in [0.2, 0.25) is 5.02 Å². The topological polar surface area (TPSA) is 86.3 Å². The first-order chi connectivity index (χ1) is 15.5. The quantitative estimate of drug-likeness (QED) is 0.464. The molecule has 0 saturated heterocycles. The first-order valence-corrected chi connectivity index (χ1v) is 10.6. The number of pyridine rings is 1. The molecule has 0 bridgehead atoms. The van der Waals surface area contributed by atoms with E-state index >= 15 is 0 Å². The van der Waals surface area contributed by atoms with Gasteiger partial charge in [-0.15, -0.1) is 0 Å². The highest BCUT2D eigenvalue weighted by molar-refractivity contribution is 6.30. The van der Waals surface area contributed by atoms with Gasteiger partial charge in [-0.1, -0.05) is 23.7 Å². The third kappa shape index (κ3) is 4.30. The predicted octanol–water partition coefficient (Wildman–Crippen LogP) is 3.51. The van der Waals surface area contributed by atoms with Gasteiger partial charge in [0.2, 0.25) is 0 Å². The summed E-state index contributed by atoms with van der Waals surface area (Å²) in [6.45, 7) is 0.0153. The lowest BCUT2D eigenvalue weighted by Crippen LogP contribution is -2.39. The van der Waals surface area contributed by atoms with Crippen LogP contribution in [0.4, 0.5) is 0 Å². The molecule has 0 aliphatic carbocycles. The van der Waals surface area contributed by atoms with Gasteiger partial charge in [0.1, 0.15) is 11.5 Å². The average Bonchev–Trinajstić information content (AvgIpc) is 2.80. The van der Waals surface area contributed by atoms with Crippen LogP contribution in [0.25, 0.3) is 10.9 Å². The Hall–Kier alpha value is -3.42. The van der Waals surface area contributed by atoms with Crippen LogP contribution in [-0.4, -0.2) is 25.8 Å². The Morgan fingerprint density at radius 2 is 1.88 bits per heavy atom. The van der Waals surface area contributed by atoms with Gasteiger partial charge in [0.05, 0.1) is 17.1 Å². The molecule has 7 nitrogen and oxygen atoms in total. The fraction of sp³-hybridized carbons (Fsp3) is 0.208. The van der Waals surface area contributed by atoms with E-state index in [1.807, 2.05) is 12.1 Å². The Morgan fingerprint density at radius 3 is 2.56 bits per heavy atom. The standard InChI is InChI=1S/C24H22ClN3O4/c1-27-20-9-10-21(32-18-4-2-11-26-15-18)19(14-16-5-7-17(25)8-6-16)22(20)23(30)28(24(27)31)12-3-13-29/h2,4-11,15,29H,3,12-14H2,1H3. The summed E-state index contributed by atoms with van der Waals surface area (Å²) in [6.07, 6.45) is 3.95. The molecule has 0 fully saturated rings. The summed E-state index contributed by atoms with van der Waals surface area (Å²) in [5.41, 5.74) is 1.29. The second-order valence-corrected chi connectivity index (χ2v) is 7.84. The number of hydrogen-bond donors (Lipinski definition) is 1. The van der Waals surface area contributed by atoms with E-state index < -0.39 is 11.2 Å². The van der Waals surface area contributed by atoms with Gasteiger partial charge in [0, 0.05) is 43.4 Å². The zero-order valence-electron chi connectivity index (χ0n) is 17.5. The molecule has 4 rings (SSSR count). The maximum atomic E-state index is 13.5. The van der Waals surface area contributed by atoms with E-state index in [0.717, 1.165) is 10.1 Å². The average molecular weight is 452 g/mol. The van der Waals surface area contributed by atoms with Gasteiger partial charge >= 0.3 is 5.69 Å². The molecule has 0 atom stereocenters. The van der Waals surface area contributed by atoms with Gasteiger partial charge in [0.25, 0.3) is 5.56 Å². The lowest BCUT2D eigenvalue weighted by Gasteiger charge is -2.17. The molecule has 0 radical (unpaired) electrons. The molecule has 2 aromatic carbocycles. The number of halogens is 1. The van der Waals surface area contributed by atoms with Crippen molar-refractivity contribution >= 4 is 22.5 Å². The third-order valence-electron chi connectivity index (χ3n) is 5.28. The lowest BCUT2D eigenvalue weighted by atomic mass is 9.99. The maximum absolute atomic E-state index is 13.5. The molecule has 0 spiro atoms. The van der Waals surface area contributed by atoms with Crippen molar-refractivity contribution < 1.29 is 9.84 Å². The van der Waals surface area contributed by atoms with Crippen LogP contribution in [0.15, 0.2) is 70.5 Å². The van der Waals surface area contributed by atoms with Gasteiger partial charge in [-0.25, -0.2) is 4.79 Å². The van der Waals surface area contributed by atoms with Crippen LogP contribution in [0.1, 0.15) is 17.5 Å². The van der Waals surface area contributed by atoms with Crippen LogP contribution >= 0.6 is 11.6 Å². The number of nitrogens with zero attached hydrogens (tertiary/aromatic N) is 3. The summed E-state index contributed by atoms with van der Waals surface area (Å²) in [4.78, 5) is 30.3. The van der Waals surface area contributed by atoms with E-state index in [1.54, 1.807) is 55.8 Å². The molecule has 2 heterocycles. The molecule has 0 amide bonds. The van der Waals surface area contributed by atoms with E-state index in [0.29, 0.717) is 45.8 Å². The van der Waals surface area contributed by atoms with Crippen molar-refractivity contribution in [1.29, 1.82) is 0 Å². The van der Waals surface area contributed by atoms with E-state index in [1.165, 1.54) is 4.57 Å². The van der Waals surface area contributed by atoms with E-state index in [-0.39, 0.29) is 13.2 Å². The van der Waals surface area contributed by atoms with Crippen LogP contribution in [0.5, 0.6) is 11.5 Å². The molecule has 0 aliphatic heterocycles. The van der Waals surface area contributed by atoms with Gasteiger partial charge < -0.3 is 9.84 Å². The minimum Gasteiger partial charge on any atom is -0.455 e. The van der Waals surface area contributed by atoms with Crippen molar-refractivity contribution in [2.24, 2.45) is 7.05 Å². The van der Waals surface area contributed by atoms with Gasteiger partial charge in [-0.3, -0.25) is 18.9 Å². The van der Waals surface area contributed by atoms with Crippen molar-refractivity contribution in [3.63, 3.8) is 0 Å². The number of ether oxygens (including phenoxy) is 1. The molecule has 0 unspecified atom stereocenters. The Morgan fingerprint density at radius 1 is 1.09 bits per heavy atom. The fourth-order valence-electron chi connectivity index (χ4n) is 3.68. The Bertz CT molecular complexity index is 1360. The summed E-state index contributed by atoms with van der Waals surface area (Å²) in [5, 5.41) is 10.2. The molecule has 0 saturated carbocycles. The summed E-state index contributed by atoms with van der Waals surface area (Å²) >= 11 is 6.04. The molecule has 8 heteroatoms. The fourth-order valence-corrected chi connectivity index (χ4v) is 3.80. The van der Waals surface area contributed by atoms with Crippen LogP contribution < -0.4 is 16.0 Å². The molecule has 2 aromatic heterocycles. The summed E-state index contributed by atoms with van der Waals surface area (Å²) < 4.78 is 8.71. The minimum atomic E-state index is -0.422. The molecule has 164 valence electrons. The van der Waals surface area contributed by atoms with Crippen LogP contribution in [0.3, 0.4) is 0 Å². The predicted molar refractivity (Wildman–Crippen MR) is 124 cm³/mol. The van der Waals surface area contributed by atoms with Crippen molar-refractivity contribution in [3.05, 3.63) is 97.9 Å². The molecule has 32 heavy (non-hydrogen) atoms. The number of aromatic nitrogens is 3. The number of aliphatic hydroxyl groups is 1. The first kappa shape index (κ1) is 21.8. The maximum Gasteiger partial charge on any atom is 0.331 e. The molecular formula is C24H22ClN3O4. The normalized spacial score (nSPS) is 11.1. The molecule has 4 aromatic rings. The summed E-state index contributed by atoms with van der Waals surface area (Å²) in [7, 11) is 1.63. The number of rotatable bonds is 7. The van der Waals surface area contributed by atoms with Crippen molar-refractivity contribution in [1.82, 2.24) is 14.1 Å². The molecular weight excluding hydrogens is 430 g/mol. The zero-order chi connectivity index (χ0) is 22.7. The number of hydrogen-bond acceptors (Lipinski definition) is 5. The lowest BCUT2D eigenvalue weighted by molar-refractivity contribution is 0.277. The van der Waals surface area contributed by atoms with Gasteiger partial charge in [-0.2, -0.15) is 0 Å². The Kier molecular flexibility index (Phi) is 6.39. The minimum absolute atomic E-state index is 0.116. The Balaban J connectivity index is 1.97. The van der Waals surface area contributed by atoms with Gasteiger partial charge in [0.15, 0.2) is 0 Å². The largest absolute Gasteiger partial charge is 0.455 e. The summed E-state index contributed by atoms with van der Waals surface area (Å²) in [6, 6.07) is 14.4. The van der Waals surface area contributed by atoms with E-state index in [4.69, 9.17) is 16.3 Å². The van der Waals surface area contributed by atoms with E-state index in [9.17, 15) is 14.7 Å². The van der Waals surface area contributed by atoms with Crippen molar-refractivity contribution in [2.75, 3.05) is 6.61 Å². The second kappa shape index (κ2) is 9.38. The first-order valence-electron chi connectivity index (χ1n) is 10.2. The van der Waals surface area contributed by atoms with Crippen LogP contribution in [0, 0.1) is 0 Å². The highest BCUT2D eigenvalue weighted by atomic mass is 35.5. The SMILES string of the molecule is Cn1c(=O)n(CCCO)c(=O)c2c(Cc3ccc(Cl)cc3)c(Oc3cccnc3)ccc21. The van der Waals surface area contributed by atoms with Gasteiger partial charge in [-0.05, 0) is 48.4 Å². The van der Waals surface area contributed by atoms with Crippen LogP contribution in [-0.2, 0) is 20.0 Å². The number of benzene rings is 2.